The fourth-order valence-electron chi connectivity index (χ4n) is 5.06. The number of benzene rings is 3. The van der Waals surface area contributed by atoms with Crippen molar-refractivity contribution in [3.05, 3.63) is 89.0 Å². The molecule has 3 aromatic carbocycles. The van der Waals surface area contributed by atoms with Crippen LogP contribution in [0.2, 0.25) is 0 Å². The van der Waals surface area contributed by atoms with Crippen LogP contribution in [0, 0.1) is 0 Å². The quantitative estimate of drug-likeness (QED) is 0.516. The zero-order valence-corrected chi connectivity index (χ0v) is 20.4. The van der Waals surface area contributed by atoms with E-state index in [1.54, 1.807) is 23.1 Å². The van der Waals surface area contributed by atoms with Gasteiger partial charge < -0.3 is 4.74 Å². The number of fused-ring (bicyclic) bond motifs is 3. The lowest BCUT2D eigenvalue weighted by molar-refractivity contribution is -0.120. The minimum absolute atomic E-state index is 0.226. The number of nitrogens with zero attached hydrogens (tertiary/aromatic N) is 2. The third kappa shape index (κ3) is 4.30. The summed E-state index contributed by atoms with van der Waals surface area (Å²) in [5.41, 5.74) is 5.34. The number of ether oxygens (including phenoxy) is 1. The van der Waals surface area contributed by atoms with Crippen molar-refractivity contribution in [2.45, 2.75) is 32.2 Å². The molecule has 0 N–H and O–H groups in total. The van der Waals surface area contributed by atoms with Gasteiger partial charge in [0.1, 0.15) is 0 Å². The predicted octanol–water partition coefficient (Wildman–Crippen LogP) is 4.02. The second kappa shape index (κ2) is 8.85. The highest BCUT2D eigenvalue weighted by Crippen LogP contribution is 2.37. The van der Waals surface area contributed by atoms with Gasteiger partial charge in [-0.15, -0.1) is 0 Å². The number of para-hydroxylation sites is 2. The molecule has 0 saturated carbocycles. The summed E-state index contributed by atoms with van der Waals surface area (Å²) in [6.07, 6.45) is 3.30. The molecule has 3 aromatic rings. The Morgan fingerprint density at radius 2 is 1.49 bits per heavy atom. The first-order valence-electron chi connectivity index (χ1n) is 11.5. The van der Waals surface area contributed by atoms with E-state index in [0.717, 1.165) is 40.9 Å². The van der Waals surface area contributed by atoms with Crippen LogP contribution >= 0.6 is 0 Å². The molecule has 2 aliphatic heterocycles. The fraction of sp³-hybridized carbons (Fsp3) is 0.259. The molecular weight excluding hydrogens is 464 g/mol. The monoisotopic (exact) mass is 490 g/mol. The van der Waals surface area contributed by atoms with Gasteiger partial charge in [-0.1, -0.05) is 36.4 Å². The van der Waals surface area contributed by atoms with E-state index in [4.69, 9.17) is 4.74 Å². The van der Waals surface area contributed by atoms with Crippen LogP contribution in [0.15, 0.2) is 66.7 Å². The Kier molecular flexibility index (Phi) is 5.84. The molecule has 1 atom stereocenters. The zero-order chi connectivity index (χ0) is 24.7. The van der Waals surface area contributed by atoms with Crippen LogP contribution in [0.4, 0.5) is 17.1 Å². The minimum Gasteiger partial charge on any atom is -0.452 e. The van der Waals surface area contributed by atoms with E-state index in [1.807, 2.05) is 55.5 Å². The molecule has 35 heavy (non-hydrogen) atoms. The Morgan fingerprint density at radius 1 is 0.886 bits per heavy atom. The summed E-state index contributed by atoms with van der Waals surface area (Å²) >= 11 is 0. The van der Waals surface area contributed by atoms with Gasteiger partial charge in [-0.25, -0.2) is 13.2 Å². The van der Waals surface area contributed by atoms with Gasteiger partial charge in [0.15, 0.2) is 6.61 Å². The van der Waals surface area contributed by atoms with E-state index in [9.17, 15) is 18.0 Å². The van der Waals surface area contributed by atoms with Crippen molar-refractivity contribution in [2.24, 2.45) is 0 Å². The molecule has 0 aromatic heterocycles. The van der Waals surface area contributed by atoms with E-state index < -0.39 is 22.6 Å². The molecule has 1 unspecified atom stereocenters. The Balaban J connectivity index is 1.37. The van der Waals surface area contributed by atoms with Gasteiger partial charge in [-0.2, -0.15) is 0 Å². The Hall–Kier alpha value is -3.65. The highest BCUT2D eigenvalue weighted by molar-refractivity contribution is 7.92. The normalized spacial score (nSPS) is 16.7. The molecule has 0 saturated heterocycles. The zero-order valence-electron chi connectivity index (χ0n) is 19.6. The molecule has 0 spiro atoms. The Labute approximate surface area is 205 Å². The number of rotatable bonds is 4. The van der Waals surface area contributed by atoms with Crippen molar-refractivity contribution in [2.75, 3.05) is 22.1 Å². The summed E-state index contributed by atoms with van der Waals surface area (Å²) in [7, 11) is -3.42. The summed E-state index contributed by atoms with van der Waals surface area (Å²) in [4.78, 5) is 27.8. The van der Waals surface area contributed by atoms with Crippen LogP contribution in [0.1, 0.15) is 34.0 Å². The van der Waals surface area contributed by atoms with Gasteiger partial charge >= 0.3 is 5.97 Å². The second-order valence-electron chi connectivity index (χ2n) is 9.02. The Morgan fingerprint density at radius 3 is 2.09 bits per heavy atom. The number of sulfonamides is 1. The maximum Gasteiger partial charge on any atom is 0.338 e. The highest BCUT2D eigenvalue weighted by Gasteiger charge is 2.33. The number of amides is 1. The van der Waals surface area contributed by atoms with Crippen LogP contribution in [-0.4, -0.2) is 39.2 Å². The van der Waals surface area contributed by atoms with Crippen molar-refractivity contribution in [1.82, 2.24) is 0 Å². The summed E-state index contributed by atoms with van der Waals surface area (Å²) in [5.74, 6) is -0.957. The minimum atomic E-state index is -3.42. The van der Waals surface area contributed by atoms with Crippen molar-refractivity contribution >= 4 is 39.0 Å². The molecule has 180 valence electrons. The van der Waals surface area contributed by atoms with E-state index in [-0.39, 0.29) is 17.5 Å². The highest BCUT2D eigenvalue weighted by atomic mass is 32.2. The van der Waals surface area contributed by atoms with Crippen LogP contribution in [0.3, 0.4) is 0 Å². The summed E-state index contributed by atoms with van der Waals surface area (Å²) < 4.78 is 31.1. The van der Waals surface area contributed by atoms with Crippen LogP contribution < -0.4 is 9.21 Å². The molecular formula is C27H26N2O5S. The Bertz CT molecular complexity index is 1390. The first-order chi connectivity index (χ1) is 16.7. The van der Waals surface area contributed by atoms with E-state index in [0.29, 0.717) is 12.1 Å². The van der Waals surface area contributed by atoms with Crippen LogP contribution in [0.5, 0.6) is 0 Å². The standard InChI is InChI=1S/C27H26N2O5S/c1-18-15-22-16-21(13-14-25(22)29(18)35(2,32)33)27(31)34-17-26(30)28-23-9-5-3-7-19(23)11-12-20-8-4-6-10-24(20)28/h3-10,13-14,16,18H,11-12,15,17H2,1-2H3. The second-order valence-corrected chi connectivity index (χ2v) is 10.9. The average molecular weight is 491 g/mol. The lowest BCUT2D eigenvalue weighted by atomic mass is 10.0. The first-order valence-corrected chi connectivity index (χ1v) is 13.4. The van der Waals surface area contributed by atoms with E-state index in [1.165, 1.54) is 10.6 Å². The summed E-state index contributed by atoms with van der Waals surface area (Å²) in [5, 5.41) is 0. The smallest absolute Gasteiger partial charge is 0.338 e. The topological polar surface area (TPSA) is 84.0 Å². The first kappa shape index (κ1) is 23.1. The molecule has 0 radical (unpaired) electrons. The summed E-state index contributed by atoms with van der Waals surface area (Å²) in [6, 6.07) is 20.1. The lowest BCUT2D eigenvalue weighted by Crippen LogP contribution is -2.34. The number of aryl methyl sites for hydroxylation is 2. The van der Waals surface area contributed by atoms with Crippen molar-refractivity contribution in [1.29, 1.82) is 0 Å². The largest absolute Gasteiger partial charge is 0.452 e. The van der Waals surface area contributed by atoms with E-state index >= 15 is 0 Å². The fourth-order valence-corrected chi connectivity index (χ4v) is 6.32. The van der Waals surface area contributed by atoms with Crippen molar-refractivity contribution in [3.63, 3.8) is 0 Å². The molecule has 0 bridgehead atoms. The molecule has 8 heteroatoms. The SMILES string of the molecule is CC1Cc2cc(C(=O)OCC(=O)N3c4ccccc4CCc4ccccc43)ccc2N1S(C)(=O)=O. The lowest BCUT2D eigenvalue weighted by Gasteiger charge is -2.24. The van der Waals surface area contributed by atoms with Crippen LogP contribution in [0.25, 0.3) is 0 Å². The number of anilines is 3. The van der Waals surface area contributed by atoms with Gasteiger partial charge in [-0.3, -0.25) is 14.0 Å². The number of hydrogen-bond donors (Lipinski definition) is 0. The number of esters is 1. The molecule has 0 fully saturated rings. The van der Waals surface area contributed by atoms with Crippen molar-refractivity contribution < 1.29 is 22.7 Å². The molecule has 5 rings (SSSR count). The van der Waals surface area contributed by atoms with Gasteiger partial charge in [0.05, 0.1) is 28.9 Å². The molecule has 1 amide bonds. The molecule has 2 aliphatic rings. The number of carbonyl (C=O) groups is 2. The van der Waals surface area contributed by atoms with Crippen LogP contribution in [-0.2, 0) is 38.8 Å². The maximum atomic E-state index is 13.4. The maximum absolute atomic E-state index is 13.4. The van der Waals surface area contributed by atoms with Gasteiger partial charge in [0.25, 0.3) is 5.91 Å². The van der Waals surface area contributed by atoms with Gasteiger partial charge in [0.2, 0.25) is 10.0 Å². The average Bonchev–Trinajstić information content (AvgIpc) is 3.08. The molecule has 7 nitrogen and oxygen atoms in total. The third-order valence-corrected chi connectivity index (χ3v) is 7.80. The van der Waals surface area contributed by atoms with Gasteiger partial charge in [0, 0.05) is 6.04 Å². The van der Waals surface area contributed by atoms with E-state index in [2.05, 4.69) is 0 Å². The number of carbonyl (C=O) groups excluding carboxylic acids is 2. The molecule has 2 heterocycles. The third-order valence-electron chi connectivity index (χ3n) is 6.53. The van der Waals surface area contributed by atoms with Crippen molar-refractivity contribution in [3.8, 4) is 0 Å². The number of hydrogen-bond acceptors (Lipinski definition) is 5. The molecule has 0 aliphatic carbocycles. The predicted molar refractivity (Wildman–Crippen MR) is 135 cm³/mol. The van der Waals surface area contributed by atoms with Gasteiger partial charge in [-0.05, 0) is 73.2 Å². The summed E-state index contributed by atoms with van der Waals surface area (Å²) in [6.45, 7) is 1.42.